The summed E-state index contributed by atoms with van der Waals surface area (Å²) in [6.07, 6.45) is 3.80. The quantitative estimate of drug-likeness (QED) is 0.139. The Kier molecular flexibility index (Phi) is 15.7. The molecule has 3 heterocycles. The van der Waals surface area contributed by atoms with Gasteiger partial charge in [0.1, 0.15) is 29.9 Å². The van der Waals surface area contributed by atoms with E-state index in [0.29, 0.717) is 29.7 Å². The second-order valence-corrected chi connectivity index (χ2v) is 12.7. The number of fused-ring (bicyclic) bond motifs is 2. The van der Waals surface area contributed by atoms with Gasteiger partial charge in [0.25, 0.3) is 0 Å². The highest BCUT2D eigenvalue weighted by Gasteiger charge is 2.38. The zero-order valence-electron chi connectivity index (χ0n) is 30.9. The molecule has 0 radical (unpaired) electrons. The number of aliphatic hydroxyl groups excluding tert-OH is 2. The van der Waals surface area contributed by atoms with Gasteiger partial charge in [0, 0.05) is 32.2 Å². The first-order valence-electron chi connectivity index (χ1n) is 17.5. The van der Waals surface area contributed by atoms with Gasteiger partial charge in [-0.15, -0.1) is 0 Å². The zero-order valence-corrected chi connectivity index (χ0v) is 30.9. The van der Waals surface area contributed by atoms with Crippen molar-refractivity contribution in [3.05, 3.63) is 42.2 Å². The highest BCUT2D eigenvalue weighted by molar-refractivity contribution is 5.81. The monoisotopic (exact) mass is 654 g/mol. The van der Waals surface area contributed by atoms with Crippen LogP contribution in [0.1, 0.15) is 113 Å². The second-order valence-electron chi connectivity index (χ2n) is 12.7. The van der Waals surface area contributed by atoms with E-state index in [-0.39, 0.29) is 17.3 Å². The molecule has 1 aliphatic rings. The fourth-order valence-electron chi connectivity index (χ4n) is 5.93. The number of nitrogen functional groups attached to an aromatic ring is 1. The van der Waals surface area contributed by atoms with Crippen LogP contribution in [0.2, 0.25) is 0 Å². The highest BCUT2D eigenvalue weighted by Crippen LogP contribution is 2.37. The van der Waals surface area contributed by atoms with Crippen molar-refractivity contribution in [2.45, 2.75) is 138 Å². The fourth-order valence-corrected chi connectivity index (χ4v) is 5.93. The van der Waals surface area contributed by atoms with Crippen LogP contribution in [0.15, 0.2) is 30.9 Å². The van der Waals surface area contributed by atoms with Gasteiger partial charge in [-0.3, -0.25) is 9.47 Å². The molecule has 1 fully saturated rings. The van der Waals surface area contributed by atoms with Gasteiger partial charge in [0.15, 0.2) is 17.7 Å². The van der Waals surface area contributed by atoms with Crippen LogP contribution in [0.25, 0.3) is 22.2 Å². The molecule has 264 valence electrons. The largest absolute Gasteiger partial charge is 0.386 e. The number of rotatable bonds is 11. The number of methoxy groups -OCH3 is 1. The Bertz CT molecular complexity index is 1470. The molecule has 0 unspecified atom stereocenters. The normalized spacial score (nSPS) is 18.0. The predicted molar refractivity (Wildman–Crippen MR) is 193 cm³/mol. The average molecular weight is 655 g/mol. The van der Waals surface area contributed by atoms with Crippen LogP contribution in [-0.4, -0.2) is 82.5 Å². The van der Waals surface area contributed by atoms with Gasteiger partial charge in [-0.1, -0.05) is 68.4 Å². The molecule has 3 aromatic heterocycles. The van der Waals surface area contributed by atoms with Crippen molar-refractivity contribution in [2.24, 2.45) is 5.92 Å². The van der Waals surface area contributed by atoms with E-state index in [2.05, 4.69) is 77.7 Å². The van der Waals surface area contributed by atoms with E-state index in [1.54, 1.807) is 7.11 Å². The van der Waals surface area contributed by atoms with Crippen molar-refractivity contribution >= 4 is 28.0 Å². The number of nitrogens with zero attached hydrogens (tertiary/aromatic N) is 6. The lowest BCUT2D eigenvalue weighted by atomic mass is 9.76. The van der Waals surface area contributed by atoms with Crippen LogP contribution in [0.3, 0.4) is 0 Å². The molecule has 0 saturated heterocycles. The number of nitrogens with one attached hydrogen (secondary N) is 1. The number of H-pyrrole nitrogens is 1. The molecule has 0 amide bonds. The number of hydrogen-bond donors (Lipinski definition) is 4. The summed E-state index contributed by atoms with van der Waals surface area (Å²) in [4.78, 5) is 23.1. The molecule has 47 heavy (non-hydrogen) atoms. The number of nitrogens with two attached hydrogens (primary N) is 1. The highest BCUT2D eigenvalue weighted by atomic mass is 16.5. The van der Waals surface area contributed by atoms with Gasteiger partial charge < -0.3 is 25.7 Å². The number of aryl methyl sites for hydroxylation is 1. The minimum atomic E-state index is -1.30. The summed E-state index contributed by atoms with van der Waals surface area (Å²) in [5.41, 5.74) is 10.2. The van der Waals surface area contributed by atoms with Crippen LogP contribution in [0, 0.1) is 5.92 Å². The standard InChI is InChI=1S/C30H44N8O3.3C2H6/c1-17(2)37(14-23(41-6)26(39)29(40)38-16-34-25-27(31)32-15-33-28(25)38)20-11-18(12-20)7-10-24-35-21-9-8-19(30(3,4)5)13-22(21)36-24;3*1-2/h8-9,13,15-18,20,23,26,29,39-40H,7,10-12,14H2,1-6H3,(H,35,36)(H2,31,32,33);3*1-2H3/t18?,20?,23-,26-,29-;;;/m1.../s1. The van der Waals surface area contributed by atoms with Gasteiger partial charge in [-0.05, 0) is 62.1 Å². The number of aromatic amines is 1. The van der Waals surface area contributed by atoms with Crippen LogP contribution in [-0.2, 0) is 16.6 Å². The van der Waals surface area contributed by atoms with Gasteiger partial charge in [0.2, 0.25) is 0 Å². The lowest BCUT2D eigenvalue weighted by Crippen LogP contribution is -2.53. The van der Waals surface area contributed by atoms with E-state index in [9.17, 15) is 10.2 Å². The maximum absolute atomic E-state index is 11.1. The van der Waals surface area contributed by atoms with Gasteiger partial charge in [-0.2, -0.15) is 0 Å². The number of aromatic nitrogens is 6. The second kappa shape index (κ2) is 18.4. The van der Waals surface area contributed by atoms with Crippen molar-refractivity contribution in [1.29, 1.82) is 0 Å². The number of aliphatic hydroxyl groups is 2. The van der Waals surface area contributed by atoms with Gasteiger partial charge >= 0.3 is 0 Å². The molecule has 0 spiro atoms. The van der Waals surface area contributed by atoms with Gasteiger partial charge in [0.05, 0.1) is 17.4 Å². The van der Waals surface area contributed by atoms with E-state index >= 15 is 0 Å². The molecular weight excluding hydrogens is 592 g/mol. The Morgan fingerprint density at radius 3 is 2.30 bits per heavy atom. The van der Waals surface area contributed by atoms with Crippen LogP contribution < -0.4 is 5.73 Å². The predicted octanol–water partition coefficient (Wildman–Crippen LogP) is 6.65. The molecule has 5 N–H and O–H groups in total. The third kappa shape index (κ3) is 9.72. The number of anilines is 1. The Morgan fingerprint density at radius 1 is 1.04 bits per heavy atom. The molecule has 3 atom stereocenters. The number of ether oxygens (including phenoxy) is 1. The first-order chi connectivity index (χ1) is 22.5. The van der Waals surface area contributed by atoms with E-state index in [1.807, 2.05) is 41.5 Å². The molecule has 0 bridgehead atoms. The van der Waals surface area contributed by atoms with Crippen molar-refractivity contribution in [1.82, 2.24) is 34.4 Å². The number of imidazole rings is 2. The molecule has 1 aromatic carbocycles. The maximum atomic E-state index is 11.1. The first-order valence-corrected chi connectivity index (χ1v) is 17.5. The first kappa shape index (κ1) is 40.1. The molecule has 11 nitrogen and oxygen atoms in total. The lowest BCUT2D eigenvalue weighted by Gasteiger charge is -2.46. The Balaban J connectivity index is 0.00000121. The molecule has 1 aliphatic carbocycles. The summed E-state index contributed by atoms with van der Waals surface area (Å²) >= 11 is 0. The van der Waals surface area contributed by atoms with Crippen LogP contribution in [0.5, 0.6) is 0 Å². The van der Waals surface area contributed by atoms with E-state index in [1.165, 1.54) is 22.8 Å². The van der Waals surface area contributed by atoms with E-state index in [0.717, 1.165) is 42.5 Å². The topological polar surface area (TPSA) is 151 Å². The van der Waals surface area contributed by atoms with Crippen molar-refractivity contribution in [3.63, 3.8) is 0 Å². The smallest absolute Gasteiger partial charge is 0.167 e. The van der Waals surface area contributed by atoms with Crippen molar-refractivity contribution in [2.75, 3.05) is 19.4 Å². The summed E-state index contributed by atoms with van der Waals surface area (Å²) in [5.74, 6) is 1.89. The average Bonchev–Trinajstić information content (AvgIpc) is 3.68. The summed E-state index contributed by atoms with van der Waals surface area (Å²) in [6.45, 7) is 23.5. The molecule has 4 aromatic rings. The van der Waals surface area contributed by atoms with Crippen LogP contribution >= 0.6 is 0 Å². The Labute approximate surface area is 282 Å². The molecule has 1 saturated carbocycles. The minimum absolute atomic E-state index is 0.107. The summed E-state index contributed by atoms with van der Waals surface area (Å²) in [5, 5.41) is 22.2. The number of benzene rings is 1. The Morgan fingerprint density at radius 2 is 1.70 bits per heavy atom. The minimum Gasteiger partial charge on any atom is -0.386 e. The molecular formula is C36H62N8O3. The SMILES string of the molecule is CC.CC.CC.CO[C@H](CN(C(C)C)C1CC(CCc2nc3ccc(C(C)(C)C)cc3[nH]2)C1)[C@@H](O)[C@@H](O)n1cnc2c(N)ncnc21. The lowest BCUT2D eigenvalue weighted by molar-refractivity contribution is -0.119. The Hall–Kier alpha value is -3.12. The number of hydrogen-bond acceptors (Lipinski definition) is 9. The van der Waals surface area contributed by atoms with Crippen molar-refractivity contribution in [3.8, 4) is 0 Å². The molecule has 0 aliphatic heterocycles. The molecule has 11 heteroatoms. The maximum Gasteiger partial charge on any atom is 0.167 e. The van der Waals surface area contributed by atoms with Crippen molar-refractivity contribution < 1.29 is 14.9 Å². The van der Waals surface area contributed by atoms with Crippen LogP contribution in [0.4, 0.5) is 5.82 Å². The van der Waals surface area contributed by atoms with E-state index in [4.69, 9.17) is 15.5 Å². The summed E-state index contributed by atoms with van der Waals surface area (Å²) in [7, 11) is 1.56. The molecule has 5 rings (SSSR count). The van der Waals surface area contributed by atoms with Gasteiger partial charge in [-0.25, -0.2) is 19.9 Å². The third-order valence-corrected chi connectivity index (χ3v) is 8.58. The zero-order chi connectivity index (χ0) is 35.5. The fraction of sp³-hybridized carbons (Fsp3) is 0.667. The van der Waals surface area contributed by atoms with E-state index < -0.39 is 18.4 Å². The summed E-state index contributed by atoms with van der Waals surface area (Å²) in [6, 6.07) is 7.17. The summed E-state index contributed by atoms with van der Waals surface area (Å²) < 4.78 is 7.11. The third-order valence-electron chi connectivity index (χ3n) is 8.58.